The minimum atomic E-state index is 0.508. The molecule has 0 aromatic carbocycles. The van der Waals surface area contributed by atoms with Crippen LogP contribution in [0.4, 0.5) is 5.13 Å². The van der Waals surface area contributed by atoms with Crippen LogP contribution in [0.5, 0.6) is 0 Å². The Morgan fingerprint density at radius 1 is 1.31 bits per heavy atom. The monoisotopic (exact) mass is 235 g/mol. The number of anilines is 1. The van der Waals surface area contributed by atoms with Crippen LogP contribution in [-0.2, 0) is 0 Å². The molecule has 0 radical (unpaired) electrons. The molecule has 1 aliphatic rings. The minimum absolute atomic E-state index is 0.508. The summed E-state index contributed by atoms with van der Waals surface area (Å²) in [5, 5.41) is 13.7. The van der Waals surface area contributed by atoms with Gasteiger partial charge in [-0.25, -0.2) is 0 Å². The second-order valence-electron chi connectivity index (χ2n) is 4.04. The summed E-state index contributed by atoms with van der Waals surface area (Å²) >= 11 is 1.41. The Bertz CT molecular complexity index is 483. The third-order valence-corrected chi connectivity index (χ3v) is 3.78. The van der Waals surface area contributed by atoms with Gasteiger partial charge in [-0.1, -0.05) is 24.2 Å². The van der Waals surface area contributed by atoms with Crippen LogP contribution in [0, 0.1) is 0 Å². The Balaban J connectivity index is 1.98. The molecule has 2 aromatic rings. The fourth-order valence-electron chi connectivity index (χ4n) is 2.26. The van der Waals surface area contributed by atoms with E-state index in [1.54, 1.807) is 0 Å². The summed E-state index contributed by atoms with van der Waals surface area (Å²) in [4.78, 5) is 0. The van der Waals surface area contributed by atoms with Crippen molar-refractivity contribution in [3.8, 4) is 10.7 Å². The molecule has 0 aliphatic heterocycles. The fourth-order valence-corrected chi connectivity index (χ4v) is 2.89. The van der Waals surface area contributed by atoms with Crippen molar-refractivity contribution in [2.75, 3.05) is 5.73 Å². The van der Waals surface area contributed by atoms with Crippen molar-refractivity contribution in [1.29, 1.82) is 0 Å². The highest BCUT2D eigenvalue weighted by molar-refractivity contribution is 7.18. The number of nitrogens with two attached hydrogens (primary N) is 1. The molecule has 16 heavy (non-hydrogen) atoms. The van der Waals surface area contributed by atoms with E-state index in [9.17, 15) is 0 Å². The first-order valence-electron chi connectivity index (χ1n) is 5.47. The molecule has 0 unspecified atom stereocenters. The van der Waals surface area contributed by atoms with Gasteiger partial charge in [0.1, 0.15) is 0 Å². The number of nitrogens with zero attached hydrogens (tertiary/aromatic N) is 4. The van der Waals surface area contributed by atoms with E-state index in [1.807, 2.05) is 12.3 Å². The lowest BCUT2D eigenvalue weighted by Crippen LogP contribution is -2.07. The van der Waals surface area contributed by atoms with Crippen LogP contribution in [0.1, 0.15) is 31.7 Å². The number of nitrogen functional groups attached to an aromatic ring is 1. The molecule has 1 fully saturated rings. The van der Waals surface area contributed by atoms with Gasteiger partial charge in [-0.3, -0.25) is 4.68 Å². The van der Waals surface area contributed by atoms with Gasteiger partial charge in [0.25, 0.3) is 0 Å². The highest BCUT2D eigenvalue weighted by Gasteiger charge is 2.21. The van der Waals surface area contributed by atoms with Crippen LogP contribution in [0.3, 0.4) is 0 Å². The average Bonchev–Trinajstić information content (AvgIpc) is 2.96. The molecule has 84 valence electrons. The minimum Gasteiger partial charge on any atom is -0.374 e. The molecule has 1 saturated carbocycles. The van der Waals surface area contributed by atoms with E-state index in [0.717, 1.165) is 10.7 Å². The Labute approximate surface area is 97.3 Å². The zero-order chi connectivity index (χ0) is 11.0. The van der Waals surface area contributed by atoms with Crippen LogP contribution in [0.15, 0.2) is 12.3 Å². The number of hydrogen-bond acceptors (Lipinski definition) is 5. The molecule has 0 amide bonds. The lowest BCUT2D eigenvalue weighted by atomic mass is 10.2. The topological polar surface area (TPSA) is 69.6 Å². The Kier molecular flexibility index (Phi) is 2.36. The smallest absolute Gasteiger partial charge is 0.203 e. The molecule has 0 saturated heterocycles. The van der Waals surface area contributed by atoms with Gasteiger partial charge in [0.2, 0.25) is 5.13 Å². The zero-order valence-electron chi connectivity index (χ0n) is 8.83. The third kappa shape index (κ3) is 1.59. The maximum atomic E-state index is 5.60. The van der Waals surface area contributed by atoms with Gasteiger partial charge in [-0.2, -0.15) is 5.10 Å². The van der Waals surface area contributed by atoms with Gasteiger partial charge in [0, 0.05) is 6.20 Å². The van der Waals surface area contributed by atoms with Crippen LogP contribution in [0.2, 0.25) is 0 Å². The molecule has 0 spiro atoms. The molecular weight excluding hydrogens is 222 g/mol. The van der Waals surface area contributed by atoms with E-state index in [0.29, 0.717) is 11.2 Å². The molecule has 5 nitrogen and oxygen atoms in total. The third-order valence-electron chi connectivity index (χ3n) is 3.00. The van der Waals surface area contributed by atoms with Crippen LogP contribution in [-0.4, -0.2) is 20.0 Å². The summed E-state index contributed by atoms with van der Waals surface area (Å²) < 4.78 is 2.08. The van der Waals surface area contributed by atoms with Gasteiger partial charge >= 0.3 is 0 Å². The van der Waals surface area contributed by atoms with Gasteiger partial charge in [-0.15, -0.1) is 10.2 Å². The molecule has 1 aliphatic carbocycles. The van der Waals surface area contributed by atoms with E-state index in [1.165, 1.54) is 37.0 Å². The van der Waals surface area contributed by atoms with Crippen LogP contribution >= 0.6 is 11.3 Å². The zero-order valence-corrected chi connectivity index (χ0v) is 9.65. The van der Waals surface area contributed by atoms with Crippen molar-refractivity contribution >= 4 is 16.5 Å². The van der Waals surface area contributed by atoms with Crippen LogP contribution in [0.25, 0.3) is 10.7 Å². The molecule has 0 atom stereocenters. The molecule has 2 heterocycles. The van der Waals surface area contributed by atoms with Crippen molar-refractivity contribution in [3.63, 3.8) is 0 Å². The summed E-state index contributed by atoms with van der Waals surface area (Å²) in [6.45, 7) is 0. The van der Waals surface area contributed by atoms with Crippen LogP contribution < -0.4 is 5.73 Å². The molecular formula is C10H13N5S. The summed E-state index contributed by atoms with van der Waals surface area (Å²) in [6, 6.07) is 2.51. The summed E-state index contributed by atoms with van der Waals surface area (Å²) in [5.41, 5.74) is 6.65. The Morgan fingerprint density at radius 3 is 2.81 bits per heavy atom. The number of rotatable bonds is 2. The normalized spacial score (nSPS) is 17.0. The molecule has 2 N–H and O–H groups in total. The van der Waals surface area contributed by atoms with Gasteiger partial charge in [0.15, 0.2) is 5.01 Å². The predicted molar refractivity (Wildman–Crippen MR) is 63.0 cm³/mol. The fraction of sp³-hybridized carbons (Fsp3) is 0.500. The van der Waals surface area contributed by atoms with Crippen molar-refractivity contribution in [2.24, 2.45) is 0 Å². The predicted octanol–water partition coefficient (Wildman–Crippen LogP) is 2.10. The van der Waals surface area contributed by atoms with Crippen molar-refractivity contribution in [3.05, 3.63) is 12.3 Å². The lowest BCUT2D eigenvalue weighted by Gasteiger charge is -2.12. The van der Waals surface area contributed by atoms with E-state index in [4.69, 9.17) is 5.73 Å². The van der Waals surface area contributed by atoms with E-state index >= 15 is 0 Å². The average molecular weight is 235 g/mol. The molecule has 2 aromatic heterocycles. The molecule has 6 heteroatoms. The summed E-state index contributed by atoms with van der Waals surface area (Å²) in [5.74, 6) is 0. The SMILES string of the molecule is Nc1nnc(-c2ccnn2C2CCCC2)s1. The van der Waals surface area contributed by atoms with Gasteiger partial charge in [0.05, 0.1) is 11.7 Å². The largest absolute Gasteiger partial charge is 0.374 e. The number of aromatic nitrogens is 4. The standard InChI is InChI=1S/C10H13N5S/c11-10-14-13-9(16-10)8-5-6-12-15(8)7-3-1-2-4-7/h5-7H,1-4H2,(H2,11,14). The second kappa shape index (κ2) is 3.86. The van der Waals surface area contributed by atoms with Crippen molar-refractivity contribution < 1.29 is 0 Å². The van der Waals surface area contributed by atoms with E-state index < -0.39 is 0 Å². The Morgan fingerprint density at radius 2 is 2.12 bits per heavy atom. The molecule has 3 rings (SSSR count). The van der Waals surface area contributed by atoms with Crippen molar-refractivity contribution in [2.45, 2.75) is 31.7 Å². The second-order valence-corrected chi connectivity index (χ2v) is 5.05. The highest BCUT2D eigenvalue weighted by atomic mass is 32.1. The maximum Gasteiger partial charge on any atom is 0.203 e. The van der Waals surface area contributed by atoms with E-state index in [-0.39, 0.29) is 0 Å². The number of hydrogen-bond donors (Lipinski definition) is 1. The lowest BCUT2D eigenvalue weighted by molar-refractivity contribution is 0.472. The first-order valence-corrected chi connectivity index (χ1v) is 6.29. The quantitative estimate of drug-likeness (QED) is 0.865. The van der Waals surface area contributed by atoms with Crippen molar-refractivity contribution in [1.82, 2.24) is 20.0 Å². The first kappa shape index (κ1) is 9.77. The highest BCUT2D eigenvalue weighted by Crippen LogP contribution is 2.33. The van der Waals surface area contributed by atoms with Gasteiger partial charge < -0.3 is 5.73 Å². The summed E-state index contributed by atoms with van der Waals surface area (Å²) in [6.07, 6.45) is 6.83. The molecule has 0 bridgehead atoms. The first-order chi connectivity index (χ1) is 7.84. The van der Waals surface area contributed by atoms with Gasteiger partial charge in [-0.05, 0) is 18.9 Å². The maximum absolute atomic E-state index is 5.60. The Hall–Kier alpha value is -1.43. The summed E-state index contributed by atoms with van der Waals surface area (Å²) in [7, 11) is 0. The van der Waals surface area contributed by atoms with E-state index in [2.05, 4.69) is 20.0 Å².